The Balaban J connectivity index is 1.65. The van der Waals surface area contributed by atoms with Gasteiger partial charge in [0.15, 0.2) is 27.8 Å². The van der Waals surface area contributed by atoms with Crippen molar-refractivity contribution in [3.63, 3.8) is 0 Å². The molecule has 9 nitrogen and oxygen atoms in total. The van der Waals surface area contributed by atoms with E-state index in [1.807, 2.05) is 30.3 Å². The van der Waals surface area contributed by atoms with Gasteiger partial charge in [-0.1, -0.05) is 63.7 Å². The van der Waals surface area contributed by atoms with Crippen LogP contribution in [0.1, 0.15) is 29.7 Å². The van der Waals surface area contributed by atoms with Crippen LogP contribution in [0.2, 0.25) is 0 Å². The number of esters is 1. The number of phenols is 1. The number of fused-ring (bicyclic) bond motifs is 2. The Kier molecular flexibility index (Phi) is 7.14. The molecule has 0 unspecified atom stereocenters. The first-order valence-corrected chi connectivity index (χ1v) is 14.2. The molecule has 0 saturated carbocycles. The number of halogens is 1. The van der Waals surface area contributed by atoms with Gasteiger partial charge in [-0.3, -0.25) is 9.36 Å². The molecule has 0 saturated heterocycles. The van der Waals surface area contributed by atoms with E-state index in [0.29, 0.717) is 47.7 Å². The Morgan fingerprint density at radius 2 is 1.95 bits per heavy atom. The number of rotatable bonds is 6. The number of aromatic hydroxyl groups is 1. The first kappa shape index (κ1) is 26.9. The van der Waals surface area contributed by atoms with Crippen LogP contribution in [0.4, 0.5) is 0 Å². The largest absolute Gasteiger partial charge is 0.504 e. The lowest BCUT2D eigenvalue weighted by atomic mass is 9.93. The molecule has 3 aromatic carbocycles. The normalized spacial score (nSPS) is 15.9. The number of hydrogen-bond acceptors (Lipinski definition) is 9. The maximum Gasteiger partial charge on any atom is 0.338 e. The van der Waals surface area contributed by atoms with Crippen LogP contribution in [0.15, 0.2) is 80.5 Å². The van der Waals surface area contributed by atoms with E-state index in [-0.39, 0.29) is 36.0 Å². The van der Waals surface area contributed by atoms with E-state index in [1.54, 1.807) is 43.3 Å². The summed E-state index contributed by atoms with van der Waals surface area (Å²) in [4.78, 5) is 32.9. The molecule has 11 heteroatoms. The number of benzene rings is 3. The quantitative estimate of drug-likeness (QED) is 0.318. The first-order chi connectivity index (χ1) is 19.9. The van der Waals surface area contributed by atoms with Crippen LogP contribution in [0.25, 0.3) is 11.8 Å². The van der Waals surface area contributed by atoms with Crippen LogP contribution in [-0.4, -0.2) is 36.2 Å². The third-order valence-corrected chi connectivity index (χ3v) is 8.10. The molecule has 2 aliphatic rings. The number of thiazole rings is 1. The number of carbonyl (C=O) groups excluding carboxylic acids is 1. The Morgan fingerprint density at radius 1 is 1.17 bits per heavy atom. The fourth-order valence-electron chi connectivity index (χ4n) is 4.84. The molecule has 0 bridgehead atoms. The van der Waals surface area contributed by atoms with Crippen molar-refractivity contribution in [3.05, 3.63) is 107 Å². The third-order valence-electron chi connectivity index (χ3n) is 6.66. The van der Waals surface area contributed by atoms with Crippen molar-refractivity contribution in [2.75, 3.05) is 20.5 Å². The van der Waals surface area contributed by atoms with Gasteiger partial charge in [0, 0.05) is 15.6 Å². The Morgan fingerprint density at radius 3 is 2.71 bits per heavy atom. The van der Waals surface area contributed by atoms with Crippen LogP contribution in [-0.2, 0) is 9.53 Å². The highest BCUT2D eigenvalue weighted by Gasteiger charge is 2.36. The zero-order valence-electron chi connectivity index (χ0n) is 21.9. The topological polar surface area (TPSA) is 109 Å². The second-order valence-corrected chi connectivity index (χ2v) is 11.0. The van der Waals surface area contributed by atoms with E-state index in [1.165, 1.54) is 11.7 Å². The molecule has 1 aromatic heterocycles. The van der Waals surface area contributed by atoms with Crippen LogP contribution in [0.5, 0.6) is 23.0 Å². The lowest BCUT2D eigenvalue weighted by molar-refractivity contribution is -0.138. The van der Waals surface area contributed by atoms with Crippen molar-refractivity contribution in [1.29, 1.82) is 0 Å². The number of phenolic OH excluding ortho intramolecular Hbond substituents is 1. The monoisotopic (exact) mass is 634 g/mol. The molecule has 1 atom stereocenters. The number of methoxy groups -OCH3 is 1. The molecular weight excluding hydrogens is 612 g/mol. The fourth-order valence-corrected chi connectivity index (χ4v) is 6.29. The smallest absolute Gasteiger partial charge is 0.338 e. The summed E-state index contributed by atoms with van der Waals surface area (Å²) in [6.45, 7) is 1.95. The summed E-state index contributed by atoms with van der Waals surface area (Å²) in [5, 5.41) is 10.8. The highest BCUT2D eigenvalue weighted by atomic mass is 79.9. The van der Waals surface area contributed by atoms with Crippen molar-refractivity contribution < 1.29 is 28.8 Å². The second kappa shape index (κ2) is 10.9. The lowest BCUT2D eigenvalue weighted by Crippen LogP contribution is -2.40. The summed E-state index contributed by atoms with van der Waals surface area (Å²) < 4.78 is 24.4. The summed E-state index contributed by atoms with van der Waals surface area (Å²) in [5.41, 5.74) is 1.96. The summed E-state index contributed by atoms with van der Waals surface area (Å²) in [7, 11) is 1.45. The number of nitrogens with zero attached hydrogens (tertiary/aromatic N) is 2. The minimum atomic E-state index is -0.872. The van der Waals surface area contributed by atoms with Crippen molar-refractivity contribution in [3.8, 4) is 23.0 Å². The number of carbonyl (C=O) groups is 1. The number of aromatic nitrogens is 1. The van der Waals surface area contributed by atoms with Crippen molar-refractivity contribution >= 4 is 45.0 Å². The van der Waals surface area contributed by atoms with Gasteiger partial charge in [0.05, 0.1) is 35.6 Å². The summed E-state index contributed by atoms with van der Waals surface area (Å²) >= 11 is 4.58. The van der Waals surface area contributed by atoms with Gasteiger partial charge < -0.3 is 24.1 Å². The maximum atomic E-state index is 14.1. The maximum absolute atomic E-state index is 14.1. The minimum absolute atomic E-state index is 0.0803. The molecule has 0 amide bonds. The van der Waals surface area contributed by atoms with E-state index in [4.69, 9.17) is 23.9 Å². The van der Waals surface area contributed by atoms with Gasteiger partial charge >= 0.3 is 5.97 Å². The molecule has 3 heterocycles. The predicted octanol–water partition coefficient (Wildman–Crippen LogP) is 4.14. The average Bonchev–Trinajstić information content (AvgIpc) is 3.58. The van der Waals surface area contributed by atoms with Gasteiger partial charge in [0.1, 0.15) is 0 Å². The van der Waals surface area contributed by atoms with Crippen LogP contribution >= 0.6 is 27.3 Å². The minimum Gasteiger partial charge on any atom is -0.504 e. The molecule has 0 radical (unpaired) electrons. The van der Waals surface area contributed by atoms with Gasteiger partial charge in [-0.15, -0.1) is 0 Å². The van der Waals surface area contributed by atoms with Crippen molar-refractivity contribution in [2.45, 2.75) is 13.0 Å². The molecule has 6 rings (SSSR count). The summed E-state index contributed by atoms with van der Waals surface area (Å²) in [5.74, 6) is 0.655. The fraction of sp³-hybridized carbons (Fsp3) is 0.167. The molecule has 0 spiro atoms. The summed E-state index contributed by atoms with van der Waals surface area (Å²) in [6.07, 6.45) is 1.58. The van der Waals surface area contributed by atoms with E-state index in [0.717, 1.165) is 11.3 Å². The average molecular weight is 635 g/mol. The highest BCUT2D eigenvalue weighted by Crippen LogP contribution is 2.40. The van der Waals surface area contributed by atoms with E-state index in [2.05, 4.69) is 15.9 Å². The van der Waals surface area contributed by atoms with Crippen molar-refractivity contribution in [1.82, 2.24) is 4.57 Å². The summed E-state index contributed by atoms with van der Waals surface area (Å²) in [6, 6.07) is 17.1. The number of hydrogen-bond donors (Lipinski definition) is 1. The Bertz CT molecular complexity index is 1900. The van der Waals surface area contributed by atoms with E-state index >= 15 is 0 Å². The van der Waals surface area contributed by atoms with Gasteiger partial charge in [0.2, 0.25) is 6.79 Å². The predicted molar refractivity (Wildman–Crippen MR) is 156 cm³/mol. The van der Waals surface area contributed by atoms with Gasteiger partial charge in [-0.05, 0) is 42.8 Å². The second-order valence-electron chi connectivity index (χ2n) is 9.09. The Hall–Kier alpha value is -4.35. The van der Waals surface area contributed by atoms with Crippen LogP contribution in [0, 0.1) is 0 Å². The molecule has 0 fully saturated rings. The zero-order valence-corrected chi connectivity index (χ0v) is 24.3. The van der Waals surface area contributed by atoms with Gasteiger partial charge in [0.25, 0.3) is 5.56 Å². The molecular formula is C30H23BrN2O7S. The van der Waals surface area contributed by atoms with Crippen molar-refractivity contribution in [2.24, 2.45) is 4.99 Å². The Labute approximate surface area is 246 Å². The molecule has 2 aliphatic heterocycles. The molecule has 0 aliphatic carbocycles. The molecule has 4 aromatic rings. The molecule has 1 N–H and O–H groups in total. The van der Waals surface area contributed by atoms with Crippen LogP contribution in [0.3, 0.4) is 0 Å². The third kappa shape index (κ3) is 4.81. The SMILES string of the molecule is CCOC(=O)C1=C(c2ccccc2)N=c2s/c(=C/c3cc(Br)cc(OC)c3O)c(=O)n2[C@@H]1c1ccc2c(c1)OCO2. The number of ether oxygens (including phenoxy) is 4. The van der Waals surface area contributed by atoms with E-state index in [9.17, 15) is 14.7 Å². The highest BCUT2D eigenvalue weighted by molar-refractivity contribution is 9.10. The molecule has 208 valence electrons. The van der Waals surface area contributed by atoms with E-state index < -0.39 is 12.0 Å². The lowest BCUT2D eigenvalue weighted by Gasteiger charge is -2.26. The van der Waals surface area contributed by atoms with Gasteiger partial charge in [-0.25, -0.2) is 9.79 Å². The zero-order chi connectivity index (χ0) is 28.7. The first-order valence-electron chi connectivity index (χ1n) is 12.6. The van der Waals surface area contributed by atoms with Gasteiger partial charge in [-0.2, -0.15) is 0 Å². The standard InChI is InChI=1S/C30H23BrN2O7S/c1-3-38-29(36)24-25(16-7-5-4-6-8-16)32-30-33(26(24)17-9-10-20-21(12-17)40-15-39-20)28(35)23(41-30)13-18-11-19(31)14-22(37-2)27(18)34/h4-14,26,34H,3,15H2,1-2H3/b23-13+/t26-/m1/s1. The van der Waals surface area contributed by atoms with Crippen LogP contribution < -0.4 is 29.1 Å². The molecule has 41 heavy (non-hydrogen) atoms.